The lowest BCUT2D eigenvalue weighted by atomic mass is 9.94. The summed E-state index contributed by atoms with van der Waals surface area (Å²) in [6.07, 6.45) is 0.00521. The zero-order valence-corrected chi connectivity index (χ0v) is 23.5. The van der Waals surface area contributed by atoms with E-state index in [4.69, 9.17) is 9.47 Å². The third kappa shape index (κ3) is 6.33. The molecule has 39 heavy (non-hydrogen) atoms. The van der Waals surface area contributed by atoms with E-state index in [1.807, 2.05) is 76.2 Å². The molecule has 6 nitrogen and oxygen atoms in total. The zero-order chi connectivity index (χ0) is 28.3. The highest BCUT2D eigenvalue weighted by atomic mass is 16.5. The number of ketones is 1. The largest absolute Gasteiger partial charge is 0.507 e. The van der Waals surface area contributed by atoms with E-state index >= 15 is 0 Å². The lowest BCUT2D eigenvalue weighted by molar-refractivity contribution is -0.140. The molecule has 6 heteroatoms. The second-order valence-corrected chi connectivity index (χ2v) is 10.8. The first-order valence-corrected chi connectivity index (χ1v) is 13.4. The lowest BCUT2D eigenvalue weighted by Gasteiger charge is -2.26. The predicted molar refractivity (Wildman–Crippen MR) is 153 cm³/mol. The van der Waals surface area contributed by atoms with Crippen LogP contribution in [-0.2, 0) is 16.1 Å². The highest BCUT2D eigenvalue weighted by molar-refractivity contribution is 6.46. The molecule has 4 rings (SSSR count). The quantitative estimate of drug-likeness (QED) is 0.189. The van der Waals surface area contributed by atoms with Gasteiger partial charge in [0.05, 0.1) is 24.3 Å². The summed E-state index contributed by atoms with van der Waals surface area (Å²) in [4.78, 5) is 28.4. The minimum atomic E-state index is -0.728. The van der Waals surface area contributed by atoms with Gasteiger partial charge in [-0.1, -0.05) is 55.8 Å². The number of ether oxygens (including phenoxy) is 2. The van der Waals surface area contributed by atoms with E-state index in [9.17, 15) is 14.7 Å². The Bertz CT molecular complexity index is 1390. The van der Waals surface area contributed by atoms with Crippen molar-refractivity contribution in [3.8, 4) is 11.5 Å². The molecule has 1 heterocycles. The maximum absolute atomic E-state index is 13.4. The molecule has 1 amide bonds. The third-order valence-electron chi connectivity index (χ3n) is 6.57. The Morgan fingerprint density at radius 2 is 1.67 bits per heavy atom. The van der Waals surface area contributed by atoms with E-state index < -0.39 is 17.7 Å². The second-order valence-electron chi connectivity index (χ2n) is 10.8. The summed E-state index contributed by atoms with van der Waals surface area (Å²) < 4.78 is 11.6. The van der Waals surface area contributed by atoms with Crippen LogP contribution in [0.2, 0.25) is 0 Å². The maximum Gasteiger partial charge on any atom is 0.295 e. The van der Waals surface area contributed by atoms with Crippen molar-refractivity contribution in [1.82, 2.24) is 4.90 Å². The Balaban J connectivity index is 1.74. The van der Waals surface area contributed by atoms with Crippen molar-refractivity contribution in [2.75, 3.05) is 6.61 Å². The van der Waals surface area contributed by atoms with Crippen LogP contribution in [0.5, 0.6) is 11.5 Å². The summed E-state index contributed by atoms with van der Waals surface area (Å²) in [5.74, 6) is 0.339. The number of Topliss-reactive ketones (excluding diaryl/α,β-unsaturated/α-hetero) is 1. The van der Waals surface area contributed by atoms with Gasteiger partial charge in [0.15, 0.2) is 0 Å². The first-order chi connectivity index (χ1) is 18.5. The fraction of sp³-hybridized carbons (Fsp3) is 0.333. The van der Waals surface area contributed by atoms with E-state index in [1.54, 1.807) is 18.2 Å². The molecule has 1 N–H and O–H groups in total. The fourth-order valence-corrected chi connectivity index (χ4v) is 4.72. The molecule has 0 bridgehead atoms. The number of likely N-dealkylation sites (tertiary alicyclic amines) is 1. The SMILES string of the molecule is Cc1cccc(C2/C(=C(/O)c3ccc(OC(C)C)c(C)c3)C(=O)C(=O)N2Cc2ccc(OCC(C)C)cc2)c1. The van der Waals surface area contributed by atoms with Crippen molar-refractivity contribution in [2.45, 2.75) is 60.2 Å². The van der Waals surface area contributed by atoms with Gasteiger partial charge in [0.1, 0.15) is 17.3 Å². The summed E-state index contributed by atoms with van der Waals surface area (Å²) in [5.41, 5.74) is 4.00. The van der Waals surface area contributed by atoms with E-state index in [-0.39, 0.29) is 24.0 Å². The Morgan fingerprint density at radius 1 is 0.949 bits per heavy atom. The minimum Gasteiger partial charge on any atom is -0.507 e. The zero-order valence-electron chi connectivity index (χ0n) is 23.5. The van der Waals surface area contributed by atoms with Crippen molar-refractivity contribution >= 4 is 17.4 Å². The molecule has 1 fully saturated rings. The van der Waals surface area contributed by atoms with Gasteiger partial charge in [-0.3, -0.25) is 9.59 Å². The molecule has 0 saturated carbocycles. The van der Waals surface area contributed by atoms with Crippen molar-refractivity contribution in [2.24, 2.45) is 5.92 Å². The topological polar surface area (TPSA) is 76.1 Å². The van der Waals surface area contributed by atoms with Gasteiger partial charge in [-0.2, -0.15) is 0 Å². The molecule has 3 aromatic carbocycles. The summed E-state index contributed by atoms with van der Waals surface area (Å²) in [5, 5.41) is 11.5. The number of hydrogen-bond donors (Lipinski definition) is 1. The van der Waals surface area contributed by atoms with Crippen LogP contribution < -0.4 is 9.47 Å². The molecule has 0 spiro atoms. The summed E-state index contributed by atoms with van der Waals surface area (Å²) >= 11 is 0. The molecule has 3 aromatic rings. The Morgan fingerprint density at radius 3 is 2.28 bits per heavy atom. The molecular weight excluding hydrogens is 490 g/mol. The molecule has 0 aliphatic carbocycles. The number of nitrogens with zero attached hydrogens (tertiary/aromatic N) is 1. The van der Waals surface area contributed by atoms with Gasteiger partial charge in [0, 0.05) is 12.1 Å². The molecule has 1 unspecified atom stereocenters. The molecule has 0 radical (unpaired) electrons. The van der Waals surface area contributed by atoms with E-state index in [2.05, 4.69) is 13.8 Å². The third-order valence-corrected chi connectivity index (χ3v) is 6.57. The number of hydrogen-bond acceptors (Lipinski definition) is 5. The van der Waals surface area contributed by atoms with E-state index in [1.165, 1.54) is 4.90 Å². The van der Waals surface area contributed by atoms with Crippen molar-refractivity contribution in [3.63, 3.8) is 0 Å². The van der Waals surface area contributed by atoms with Crippen LogP contribution >= 0.6 is 0 Å². The first-order valence-electron chi connectivity index (χ1n) is 13.4. The van der Waals surface area contributed by atoms with Crippen LogP contribution in [0.15, 0.2) is 72.3 Å². The highest BCUT2D eigenvalue weighted by Gasteiger charge is 2.46. The standard InChI is InChI=1S/C33H37NO5/c1-20(2)19-38-27-13-10-24(11-14-27)18-34-30(25-9-7-8-22(5)16-25)29(32(36)33(34)37)31(35)26-12-15-28(23(6)17-26)39-21(3)4/h7-17,20-21,30,35H,18-19H2,1-6H3/b31-29-. The highest BCUT2D eigenvalue weighted by Crippen LogP contribution is 2.41. The lowest BCUT2D eigenvalue weighted by Crippen LogP contribution is -2.29. The molecule has 1 aliphatic heterocycles. The average molecular weight is 528 g/mol. The molecule has 1 atom stereocenters. The van der Waals surface area contributed by atoms with Crippen LogP contribution in [0.25, 0.3) is 5.76 Å². The van der Waals surface area contributed by atoms with Gasteiger partial charge in [-0.15, -0.1) is 0 Å². The fourth-order valence-electron chi connectivity index (χ4n) is 4.72. The van der Waals surface area contributed by atoms with Gasteiger partial charge in [0.2, 0.25) is 0 Å². The molecule has 1 aliphatic rings. The monoisotopic (exact) mass is 527 g/mol. The molecule has 204 valence electrons. The summed E-state index contributed by atoms with van der Waals surface area (Å²) in [7, 11) is 0. The van der Waals surface area contributed by atoms with Crippen LogP contribution in [0.1, 0.15) is 61.6 Å². The number of amides is 1. The number of rotatable bonds is 9. The first kappa shape index (κ1) is 28.0. The minimum absolute atomic E-state index is 0.00521. The Hall–Kier alpha value is -4.06. The predicted octanol–water partition coefficient (Wildman–Crippen LogP) is 6.75. The van der Waals surface area contributed by atoms with Gasteiger partial charge >= 0.3 is 0 Å². The van der Waals surface area contributed by atoms with Crippen LogP contribution in [0.4, 0.5) is 0 Å². The maximum atomic E-state index is 13.4. The van der Waals surface area contributed by atoms with Crippen LogP contribution in [0, 0.1) is 19.8 Å². The number of carbonyl (C=O) groups is 2. The molecule has 1 saturated heterocycles. The number of aliphatic hydroxyl groups excluding tert-OH is 1. The summed E-state index contributed by atoms with van der Waals surface area (Å²) in [6.45, 7) is 12.8. The number of carbonyl (C=O) groups excluding carboxylic acids is 2. The second kappa shape index (κ2) is 11.8. The number of aliphatic hydroxyl groups is 1. The average Bonchev–Trinajstić information content (AvgIpc) is 3.13. The van der Waals surface area contributed by atoms with E-state index in [0.29, 0.717) is 23.8 Å². The van der Waals surface area contributed by atoms with E-state index in [0.717, 1.165) is 28.0 Å². The van der Waals surface area contributed by atoms with Gasteiger partial charge in [-0.05, 0) is 80.6 Å². The van der Waals surface area contributed by atoms with Crippen LogP contribution in [-0.4, -0.2) is 34.4 Å². The van der Waals surface area contributed by atoms with Gasteiger partial charge in [-0.25, -0.2) is 0 Å². The van der Waals surface area contributed by atoms with Crippen molar-refractivity contribution < 1.29 is 24.2 Å². The van der Waals surface area contributed by atoms with Crippen molar-refractivity contribution in [1.29, 1.82) is 0 Å². The molecule has 0 aromatic heterocycles. The number of aryl methyl sites for hydroxylation is 2. The molecular formula is C33H37NO5. The Labute approximate surface area is 230 Å². The van der Waals surface area contributed by atoms with Gasteiger partial charge < -0.3 is 19.5 Å². The van der Waals surface area contributed by atoms with Crippen molar-refractivity contribution in [3.05, 3.63) is 100 Å². The number of benzene rings is 3. The van der Waals surface area contributed by atoms with Crippen LogP contribution in [0.3, 0.4) is 0 Å². The Kier molecular flexibility index (Phi) is 8.44. The smallest absolute Gasteiger partial charge is 0.295 e. The normalized spacial score (nSPS) is 16.8. The summed E-state index contributed by atoms with van der Waals surface area (Å²) in [6, 6.07) is 19.8. The van der Waals surface area contributed by atoms with Gasteiger partial charge in [0.25, 0.3) is 11.7 Å².